The number of carbonyl (C=O) groups excluding carboxylic acids is 6. The lowest BCUT2D eigenvalue weighted by atomic mass is 9.75. The number of fused-ring (bicyclic) bond motifs is 6. The van der Waals surface area contributed by atoms with Crippen molar-refractivity contribution in [2.24, 2.45) is 47.3 Å². The zero-order valence-electron chi connectivity index (χ0n) is 35.4. The number of hydrogen-bond donors (Lipinski definition) is 5. The summed E-state index contributed by atoms with van der Waals surface area (Å²) in [5.74, 6) is -8.61. The molecule has 2 heterocycles. The number of nitrogens with one attached hydrogen (secondary N) is 5. The molecular weight excluding hydrogens is 885 g/mol. The molecule has 18 heteroatoms. The third-order valence-corrected chi connectivity index (χ3v) is 13.9. The van der Waals surface area contributed by atoms with Gasteiger partial charge in [0.2, 0.25) is 23.6 Å². The Labute approximate surface area is 386 Å². The molecule has 5 N–H and O–H groups in total. The molecule has 4 bridgehead atoms. The molecule has 4 amide bonds. The first-order chi connectivity index (χ1) is 30.5. The normalized spacial score (nSPS) is 26.3. The standard InChI is InChI=1S/C46H51Cl2N7O8.ClH/c1-49-13-7-15-51-41(56)37-23-17-29(33(19-23)62-45(60)27-21-35(47)53-31-11-5-3-9-25(27)31)39(37)43(58)55-44(59)40-30-18-24(38(40)42(57)52-16-8-14-50-2)20-34(30)63-46(61)28-22-36(48)54-32-12-6-4-10-26(28)32;/h3-6,9-12,21-24,29-30,33-34,37-40,49-50H,7-8,13-20H2,1-2H3,(H,51,56)(H,52,57)(H,55,58,59);1H. The van der Waals surface area contributed by atoms with E-state index in [1.807, 2.05) is 14.1 Å². The number of esters is 2. The monoisotopic (exact) mass is 935 g/mol. The Hall–Kier alpha value is -4.93. The number of nitrogens with zero attached hydrogens (tertiary/aromatic N) is 2. The fourth-order valence-corrected chi connectivity index (χ4v) is 11.2. The average Bonchev–Trinajstić information content (AvgIpc) is 4.06. The first-order valence-corrected chi connectivity index (χ1v) is 22.4. The second kappa shape index (κ2) is 20.5. The van der Waals surface area contributed by atoms with Gasteiger partial charge in [0.25, 0.3) is 0 Å². The van der Waals surface area contributed by atoms with Gasteiger partial charge < -0.3 is 30.7 Å². The fourth-order valence-electron chi connectivity index (χ4n) is 10.8. The first-order valence-electron chi connectivity index (χ1n) is 21.7. The largest absolute Gasteiger partial charge is 0.458 e. The van der Waals surface area contributed by atoms with Crippen LogP contribution in [0.25, 0.3) is 21.8 Å². The highest BCUT2D eigenvalue weighted by atomic mass is 35.5. The summed E-state index contributed by atoms with van der Waals surface area (Å²) in [6, 6.07) is 17.0. The molecule has 0 radical (unpaired) electrons. The molecule has 0 aliphatic heterocycles. The SMILES string of the molecule is CNCCCNC(=O)C1C2CC(OC(=O)c3cc(Cl)nc4ccccc34)C(C2)C1C(=O)NC(=O)C1C2CC(CC2OC(=O)c2cc(Cl)nc3ccccc23)C1C(=O)NCCCNC.Cl. The van der Waals surface area contributed by atoms with Crippen LogP contribution < -0.4 is 26.6 Å². The van der Waals surface area contributed by atoms with Crippen molar-refractivity contribution in [3.63, 3.8) is 0 Å². The van der Waals surface area contributed by atoms with E-state index in [0.717, 1.165) is 0 Å². The number of aromatic nitrogens is 2. The smallest absolute Gasteiger partial charge is 0.339 e. The number of halogens is 3. The van der Waals surface area contributed by atoms with Gasteiger partial charge in [0, 0.05) is 35.7 Å². The molecule has 10 atom stereocenters. The van der Waals surface area contributed by atoms with E-state index in [1.54, 1.807) is 48.5 Å². The third-order valence-electron chi connectivity index (χ3n) is 13.5. The van der Waals surface area contributed by atoms with Crippen molar-refractivity contribution in [2.45, 2.75) is 50.7 Å². The van der Waals surface area contributed by atoms with Crippen LogP contribution in [0.4, 0.5) is 0 Å². The number of rotatable bonds is 16. The molecule has 8 rings (SSSR count). The van der Waals surface area contributed by atoms with Gasteiger partial charge in [-0.05, 0) is 102 Å². The van der Waals surface area contributed by atoms with E-state index in [0.29, 0.717) is 86.5 Å². The number of hydrogen-bond acceptors (Lipinski definition) is 12. The summed E-state index contributed by atoms with van der Waals surface area (Å²) in [4.78, 5) is 93.4. The number of para-hydroxylation sites is 2. The second-order valence-electron chi connectivity index (χ2n) is 17.2. The minimum atomic E-state index is -1.02. The summed E-state index contributed by atoms with van der Waals surface area (Å²) < 4.78 is 12.3. The Balaban J connectivity index is 0.00000612. The zero-order valence-corrected chi connectivity index (χ0v) is 37.8. The Morgan fingerprint density at radius 1 is 0.578 bits per heavy atom. The Kier molecular flexibility index (Phi) is 15.1. The molecule has 2 aromatic carbocycles. The van der Waals surface area contributed by atoms with E-state index >= 15 is 0 Å². The Morgan fingerprint density at radius 3 is 1.39 bits per heavy atom. The van der Waals surface area contributed by atoms with E-state index in [4.69, 9.17) is 32.7 Å². The van der Waals surface area contributed by atoms with Crippen molar-refractivity contribution < 1.29 is 38.2 Å². The topological polar surface area (TPSA) is 207 Å². The molecule has 340 valence electrons. The van der Waals surface area contributed by atoms with Crippen LogP contribution in [-0.2, 0) is 28.7 Å². The van der Waals surface area contributed by atoms with Crippen LogP contribution in [-0.4, -0.2) is 98.0 Å². The van der Waals surface area contributed by atoms with Crippen LogP contribution in [0.15, 0.2) is 60.7 Å². The number of carbonyl (C=O) groups is 6. The Morgan fingerprint density at radius 2 is 0.984 bits per heavy atom. The van der Waals surface area contributed by atoms with Crippen LogP contribution >= 0.6 is 35.6 Å². The number of pyridine rings is 2. The maximum absolute atomic E-state index is 14.6. The zero-order chi connectivity index (χ0) is 44.4. The average molecular weight is 937 g/mol. The van der Waals surface area contributed by atoms with Crippen LogP contribution in [0.2, 0.25) is 10.3 Å². The maximum Gasteiger partial charge on any atom is 0.339 e. The molecule has 10 unspecified atom stereocenters. The molecular formula is C46H52Cl3N7O8. The Bertz CT molecular complexity index is 2280. The summed E-state index contributed by atoms with van der Waals surface area (Å²) >= 11 is 12.6. The maximum atomic E-state index is 14.6. The molecule has 0 saturated heterocycles. The molecule has 64 heavy (non-hydrogen) atoms. The highest BCUT2D eigenvalue weighted by Gasteiger charge is 2.62. The summed E-state index contributed by atoms with van der Waals surface area (Å²) in [6.07, 6.45) is 1.43. The second-order valence-corrected chi connectivity index (χ2v) is 17.9. The first kappa shape index (κ1) is 47.0. The van der Waals surface area contributed by atoms with Gasteiger partial charge in [-0.15, -0.1) is 12.4 Å². The lowest BCUT2D eigenvalue weighted by molar-refractivity contribution is -0.147. The number of benzene rings is 2. The molecule has 4 aliphatic carbocycles. The summed E-state index contributed by atoms with van der Waals surface area (Å²) in [7, 11) is 3.64. The summed E-state index contributed by atoms with van der Waals surface area (Å²) in [6.45, 7) is 2.12. The van der Waals surface area contributed by atoms with Crippen molar-refractivity contribution in [1.29, 1.82) is 0 Å². The van der Waals surface area contributed by atoms with E-state index in [-0.39, 0.29) is 57.5 Å². The lowest BCUT2D eigenvalue weighted by Gasteiger charge is -2.36. The fraction of sp³-hybridized carbons (Fsp3) is 0.478. The van der Waals surface area contributed by atoms with Crippen molar-refractivity contribution in [2.75, 3.05) is 40.3 Å². The van der Waals surface area contributed by atoms with Gasteiger partial charge in [0.05, 0.1) is 45.8 Å². The van der Waals surface area contributed by atoms with Crippen LogP contribution in [0.1, 0.15) is 59.2 Å². The quantitative estimate of drug-likeness (QED) is 0.0441. The predicted octanol–water partition coefficient (Wildman–Crippen LogP) is 4.90. The summed E-state index contributed by atoms with van der Waals surface area (Å²) in [5.41, 5.74) is 1.50. The van der Waals surface area contributed by atoms with Gasteiger partial charge in [-0.2, -0.15) is 0 Å². The highest BCUT2D eigenvalue weighted by molar-refractivity contribution is 6.31. The van der Waals surface area contributed by atoms with Crippen molar-refractivity contribution in [3.8, 4) is 0 Å². The molecule has 4 aromatic rings. The molecule has 2 aromatic heterocycles. The van der Waals surface area contributed by atoms with Gasteiger partial charge >= 0.3 is 11.9 Å². The number of ether oxygens (including phenoxy) is 2. The predicted molar refractivity (Wildman–Crippen MR) is 242 cm³/mol. The number of amides is 4. The van der Waals surface area contributed by atoms with E-state index < -0.39 is 71.5 Å². The highest BCUT2D eigenvalue weighted by Crippen LogP contribution is 2.56. The molecule has 4 saturated carbocycles. The van der Waals surface area contributed by atoms with Gasteiger partial charge in [0.1, 0.15) is 22.5 Å². The van der Waals surface area contributed by atoms with Gasteiger partial charge in [-0.1, -0.05) is 59.6 Å². The van der Waals surface area contributed by atoms with E-state index in [1.165, 1.54) is 12.1 Å². The minimum absolute atomic E-state index is 0. The van der Waals surface area contributed by atoms with E-state index in [2.05, 4.69) is 36.6 Å². The van der Waals surface area contributed by atoms with Crippen LogP contribution in [0, 0.1) is 47.3 Å². The summed E-state index contributed by atoms with van der Waals surface area (Å²) in [5, 5.41) is 16.1. The lowest BCUT2D eigenvalue weighted by Crippen LogP contribution is -2.53. The number of imide groups is 1. The van der Waals surface area contributed by atoms with Crippen molar-refractivity contribution >= 4 is 93.0 Å². The molecule has 0 spiro atoms. The third kappa shape index (κ3) is 9.55. The van der Waals surface area contributed by atoms with Crippen molar-refractivity contribution in [1.82, 2.24) is 36.6 Å². The minimum Gasteiger partial charge on any atom is -0.458 e. The molecule has 4 fully saturated rings. The molecule has 15 nitrogen and oxygen atoms in total. The van der Waals surface area contributed by atoms with Gasteiger partial charge in [-0.3, -0.25) is 24.5 Å². The van der Waals surface area contributed by atoms with Gasteiger partial charge in [0.15, 0.2) is 0 Å². The van der Waals surface area contributed by atoms with Gasteiger partial charge in [-0.25, -0.2) is 19.6 Å². The van der Waals surface area contributed by atoms with Crippen molar-refractivity contribution in [3.05, 3.63) is 82.1 Å². The molecule has 4 aliphatic rings. The van der Waals surface area contributed by atoms with E-state index in [9.17, 15) is 28.8 Å². The van der Waals surface area contributed by atoms with Crippen LogP contribution in [0.5, 0.6) is 0 Å². The van der Waals surface area contributed by atoms with Crippen LogP contribution in [0.3, 0.4) is 0 Å².